The third-order valence-corrected chi connectivity index (χ3v) is 12.5. The van der Waals surface area contributed by atoms with E-state index < -0.39 is 81.2 Å². The van der Waals surface area contributed by atoms with Gasteiger partial charge in [0.25, 0.3) is 11.8 Å². The molecular formula is C42H33Cl2F3N4O8. The maximum absolute atomic E-state index is 15.5. The number of halogens is 5. The average Bonchev–Trinajstić information content (AvgIpc) is 3.58. The number of rotatable bonds is 8. The maximum Gasteiger partial charge on any atom is 0.417 e. The number of carbonyl (C=O) groups is 5. The second kappa shape index (κ2) is 14.4. The number of methoxy groups -OCH3 is 2. The zero-order valence-electron chi connectivity index (χ0n) is 31.3. The Morgan fingerprint density at radius 3 is 2.24 bits per heavy atom. The van der Waals surface area contributed by atoms with Gasteiger partial charge in [-0.3, -0.25) is 34.3 Å². The zero-order valence-corrected chi connectivity index (χ0v) is 32.9. The Morgan fingerprint density at radius 2 is 1.63 bits per heavy atom. The summed E-state index contributed by atoms with van der Waals surface area (Å²) in [5, 5.41) is 12.3. The van der Waals surface area contributed by atoms with Crippen molar-refractivity contribution in [2.45, 2.75) is 37.3 Å². The standard InChI is InChI=1S/C42H33Cl2F3N4O8/c1-19(52)20-4-10-24(11-5-20)50-37(54)27-13-12-26-28(33(27)39(50)56)17-29-38(55)51(49-36-30(44)14-22(18-48-36)42(45,46)47)40(57)41(29,21-6-8-23(43)9-7-21)35(26)34-31(53)15-25(58-2)16-32(34)59-3/h4-12,14-16,18,27-29,33,35,53H,13,17H2,1-3H3,(H,48,49). The van der Waals surface area contributed by atoms with Crippen LogP contribution in [-0.2, 0) is 30.8 Å². The van der Waals surface area contributed by atoms with Crippen LogP contribution in [0.2, 0.25) is 10.0 Å². The molecule has 2 N–H and O–H groups in total. The SMILES string of the molecule is COc1cc(O)c(C2C3=CCC4C(=O)N(c5ccc(C(C)=O)cc5)C(=O)C4C3CC3C(=O)N(Nc4ncc(C(F)(F)F)cc4Cl)C(=O)C32c2ccc(Cl)cc2)c(OC)c1. The fraction of sp³-hybridized carbons (Fsp3) is 0.286. The smallest absolute Gasteiger partial charge is 0.417 e. The van der Waals surface area contributed by atoms with Crippen LogP contribution in [0.25, 0.3) is 0 Å². The second-order valence-electron chi connectivity index (χ2n) is 14.8. The van der Waals surface area contributed by atoms with Crippen molar-refractivity contribution in [1.82, 2.24) is 9.99 Å². The van der Waals surface area contributed by atoms with E-state index in [4.69, 9.17) is 32.7 Å². The number of aromatic nitrogens is 1. The van der Waals surface area contributed by atoms with Crippen LogP contribution in [0.5, 0.6) is 17.2 Å². The summed E-state index contributed by atoms with van der Waals surface area (Å²) in [6.07, 6.45) is -2.62. The number of fused-ring (bicyclic) bond motifs is 4. The molecule has 2 saturated heterocycles. The summed E-state index contributed by atoms with van der Waals surface area (Å²) >= 11 is 12.6. The first kappa shape index (κ1) is 39.9. The van der Waals surface area contributed by atoms with Gasteiger partial charge in [0.15, 0.2) is 11.6 Å². The van der Waals surface area contributed by atoms with Crippen molar-refractivity contribution in [2.75, 3.05) is 24.5 Å². The number of benzene rings is 3. The van der Waals surface area contributed by atoms with E-state index in [-0.39, 0.29) is 52.7 Å². The summed E-state index contributed by atoms with van der Waals surface area (Å²) in [5.41, 5.74) is 0.944. The van der Waals surface area contributed by atoms with Gasteiger partial charge in [0, 0.05) is 40.4 Å². The minimum absolute atomic E-state index is 0.0510. The highest BCUT2D eigenvalue weighted by Crippen LogP contribution is 2.66. The monoisotopic (exact) mass is 848 g/mol. The number of amides is 4. The van der Waals surface area contributed by atoms with E-state index in [0.29, 0.717) is 33.4 Å². The van der Waals surface area contributed by atoms with Crippen molar-refractivity contribution >= 4 is 64.1 Å². The normalized spacial score (nSPS) is 25.0. The number of nitrogens with zero attached hydrogens (tertiary/aromatic N) is 3. The van der Waals surface area contributed by atoms with Crippen molar-refractivity contribution in [3.8, 4) is 17.2 Å². The number of phenols is 1. The van der Waals surface area contributed by atoms with Crippen LogP contribution in [0.4, 0.5) is 24.7 Å². The molecule has 304 valence electrons. The summed E-state index contributed by atoms with van der Waals surface area (Å²) in [5.74, 6) is -8.83. The lowest BCUT2D eigenvalue weighted by atomic mass is 9.49. The molecule has 59 heavy (non-hydrogen) atoms. The van der Waals surface area contributed by atoms with Crippen molar-refractivity contribution in [3.05, 3.63) is 117 Å². The molecule has 4 aliphatic rings. The number of imide groups is 2. The molecule has 2 aliphatic heterocycles. The third-order valence-electron chi connectivity index (χ3n) is 11.9. The summed E-state index contributed by atoms with van der Waals surface area (Å²) in [4.78, 5) is 76.1. The van der Waals surface area contributed by atoms with Crippen molar-refractivity contribution < 1.29 is 51.7 Å². The number of hydrazine groups is 1. The number of hydrogen-bond donors (Lipinski definition) is 2. The van der Waals surface area contributed by atoms with Gasteiger partial charge in [0.2, 0.25) is 11.8 Å². The molecule has 0 radical (unpaired) electrons. The number of pyridine rings is 1. The summed E-state index contributed by atoms with van der Waals surface area (Å²) in [6, 6.07) is 15.7. The number of anilines is 2. The molecule has 0 bridgehead atoms. The average molecular weight is 850 g/mol. The Kier molecular flexibility index (Phi) is 9.74. The quantitative estimate of drug-likeness (QED) is 0.103. The zero-order chi connectivity index (χ0) is 42.3. The van der Waals surface area contributed by atoms with E-state index in [2.05, 4.69) is 10.4 Å². The molecule has 3 fully saturated rings. The Balaban J connectivity index is 1.33. The summed E-state index contributed by atoms with van der Waals surface area (Å²) in [7, 11) is 2.72. The molecule has 3 heterocycles. The molecule has 8 rings (SSSR count). The largest absolute Gasteiger partial charge is 0.507 e. The van der Waals surface area contributed by atoms with Crippen molar-refractivity contribution in [3.63, 3.8) is 0 Å². The molecule has 6 unspecified atom stereocenters. The second-order valence-corrected chi connectivity index (χ2v) is 15.6. The first-order valence-corrected chi connectivity index (χ1v) is 19.1. The van der Waals surface area contributed by atoms with Gasteiger partial charge in [-0.05, 0) is 73.7 Å². The van der Waals surface area contributed by atoms with Crippen molar-refractivity contribution in [1.29, 1.82) is 0 Å². The first-order chi connectivity index (χ1) is 28.0. The maximum atomic E-state index is 15.5. The van der Waals surface area contributed by atoms with Crippen LogP contribution in [0.1, 0.15) is 52.7 Å². The lowest BCUT2D eigenvalue weighted by Gasteiger charge is -2.50. The number of allylic oxidation sites excluding steroid dienone is 2. The van der Waals surface area contributed by atoms with Gasteiger partial charge in [0.05, 0.1) is 53.7 Å². The number of nitrogens with one attached hydrogen (secondary N) is 1. The number of phenolic OH excluding ortho intramolecular Hbond substituents is 1. The minimum Gasteiger partial charge on any atom is -0.507 e. The van der Waals surface area contributed by atoms with Gasteiger partial charge in [-0.15, -0.1) is 0 Å². The molecule has 17 heteroatoms. The molecule has 2 aliphatic carbocycles. The van der Waals surface area contributed by atoms with Gasteiger partial charge in [-0.1, -0.05) is 47.0 Å². The predicted molar refractivity (Wildman–Crippen MR) is 207 cm³/mol. The van der Waals surface area contributed by atoms with Gasteiger partial charge in [-0.25, -0.2) is 4.98 Å². The Labute approximate surface area is 344 Å². The number of alkyl halides is 3. The van der Waals surface area contributed by atoms with Crippen LogP contribution < -0.4 is 19.8 Å². The van der Waals surface area contributed by atoms with E-state index in [9.17, 15) is 37.5 Å². The van der Waals surface area contributed by atoms with Crippen LogP contribution in [0.15, 0.2) is 84.6 Å². The van der Waals surface area contributed by atoms with Crippen LogP contribution in [0.3, 0.4) is 0 Å². The fourth-order valence-electron chi connectivity index (χ4n) is 9.36. The summed E-state index contributed by atoms with van der Waals surface area (Å²) in [6.45, 7) is 1.39. The molecule has 3 aromatic carbocycles. The highest BCUT2D eigenvalue weighted by atomic mass is 35.5. The number of ether oxygens (including phenoxy) is 2. The van der Waals surface area contributed by atoms with Gasteiger partial charge in [0.1, 0.15) is 17.2 Å². The molecular weight excluding hydrogens is 816 g/mol. The van der Waals surface area contributed by atoms with E-state index in [1.54, 1.807) is 18.2 Å². The molecule has 0 spiro atoms. The Bertz CT molecular complexity index is 2500. The Morgan fingerprint density at radius 1 is 0.932 bits per heavy atom. The van der Waals surface area contributed by atoms with Gasteiger partial charge >= 0.3 is 6.18 Å². The fourth-order valence-corrected chi connectivity index (χ4v) is 9.70. The van der Waals surface area contributed by atoms with E-state index >= 15 is 4.79 Å². The molecule has 6 atom stereocenters. The Hall–Kier alpha value is -5.93. The van der Waals surface area contributed by atoms with E-state index in [0.717, 1.165) is 4.90 Å². The van der Waals surface area contributed by atoms with E-state index in [1.165, 1.54) is 69.7 Å². The molecule has 1 aromatic heterocycles. The van der Waals surface area contributed by atoms with Crippen molar-refractivity contribution in [2.24, 2.45) is 23.7 Å². The lowest BCUT2D eigenvalue weighted by Crippen LogP contribution is -2.53. The molecule has 12 nitrogen and oxygen atoms in total. The van der Waals surface area contributed by atoms with Crippen LogP contribution in [-0.4, -0.2) is 58.7 Å². The van der Waals surface area contributed by atoms with Gasteiger partial charge in [-0.2, -0.15) is 18.2 Å². The van der Waals surface area contributed by atoms with Gasteiger partial charge < -0.3 is 14.6 Å². The number of Topliss-reactive ketones (excluding diaryl/α,β-unsaturated/α-hetero) is 1. The highest BCUT2D eigenvalue weighted by molar-refractivity contribution is 6.33. The topological polar surface area (TPSA) is 155 Å². The predicted octanol–water partition coefficient (Wildman–Crippen LogP) is 7.52. The molecule has 4 amide bonds. The number of ketones is 1. The lowest BCUT2D eigenvalue weighted by molar-refractivity contribution is -0.139. The molecule has 1 saturated carbocycles. The third kappa shape index (κ3) is 6.12. The van der Waals surface area contributed by atoms with Crippen LogP contribution in [0, 0.1) is 23.7 Å². The number of hydrogen-bond acceptors (Lipinski definition) is 10. The summed E-state index contributed by atoms with van der Waals surface area (Å²) < 4.78 is 51.9. The van der Waals surface area contributed by atoms with E-state index in [1.807, 2.05) is 0 Å². The molecule has 4 aromatic rings. The number of carbonyl (C=O) groups excluding carboxylic acids is 5. The van der Waals surface area contributed by atoms with Crippen LogP contribution >= 0.6 is 23.2 Å². The minimum atomic E-state index is -4.79. The first-order valence-electron chi connectivity index (χ1n) is 18.3. The number of aromatic hydroxyl groups is 1. The highest BCUT2D eigenvalue weighted by Gasteiger charge is 2.71.